The maximum Gasteiger partial charge on any atom is 0.163 e. The zero-order valence-corrected chi connectivity index (χ0v) is 11.0. The third-order valence-corrected chi connectivity index (χ3v) is 3.21. The van der Waals surface area contributed by atoms with Gasteiger partial charge in [0.05, 0.1) is 12.4 Å². The van der Waals surface area contributed by atoms with Crippen LogP contribution in [0.5, 0.6) is 0 Å². The van der Waals surface area contributed by atoms with Gasteiger partial charge < -0.3 is 24.4 Å². The van der Waals surface area contributed by atoms with Crippen LogP contribution < -0.4 is 0 Å². The van der Waals surface area contributed by atoms with Gasteiger partial charge in [-0.05, 0) is 32.8 Å². The lowest BCUT2D eigenvalue weighted by Crippen LogP contribution is -2.55. The Morgan fingerprint density at radius 2 is 2.17 bits per heavy atom. The molecule has 5 nitrogen and oxygen atoms in total. The van der Waals surface area contributed by atoms with Crippen LogP contribution in [0, 0.1) is 0 Å². The van der Waals surface area contributed by atoms with E-state index in [2.05, 4.69) is 0 Å². The summed E-state index contributed by atoms with van der Waals surface area (Å²) in [5, 5.41) is 18.8. The number of rotatable bonds is 4. The van der Waals surface area contributed by atoms with E-state index in [4.69, 9.17) is 19.3 Å². The molecule has 0 bridgehead atoms. The number of aliphatic hydroxyl groups is 2. The predicted octanol–water partition coefficient (Wildman–Crippen LogP) is 0.944. The van der Waals surface area contributed by atoms with Crippen LogP contribution >= 0.6 is 0 Å². The molecule has 0 amide bonds. The molecule has 2 rings (SSSR count). The molecule has 2 aliphatic heterocycles. The van der Waals surface area contributed by atoms with Crippen LogP contribution in [0.25, 0.3) is 0 Å². The summed E-state index contributed by atoms with van der Waals surface area (Å²) >= 11 is 0. The number of hydrogen-bond donors (Lipinski definition) is 2. The summed E-state index contributed by atoms with van der Waals surface area (Å²) < 4.78 is 17.0. The third-order valence-electron chi connectivity index (χ3n) is 3.21. The summed E-state index contributed by atoms with van der Waals surface area (Å²) in [5.74, 6) is 0.0948. The number of allylic oxidation sites excluding steroid dienone is 1. The first kappa shape index (κ1) is 13.8. The molecule has 2 heterocycles. The Kier molecular flexibility index (Phi) is 4.27. The van der Waals surface area contributed by atoms with Gasteiger partial charge in [0.25, 0.3) is 0 Å². The van der Waals surface area contributed by atoms with E-state index in [1.54, 1.807) is 6.08 Å². The van der Waals surface area contributed by atoms with Crippen molar-refractivity contribution in [3.63, 3.8) is 0 Å². The van der Waals surface area contributed by atoms with Gasteiger partial charge in [-0.15, -0.1) is 0 Å². The fourth-order valence-electron chi connectivity index (χ4n) is 2.28. The van der Waals surface area contributed by atoms with Crippen LogP contribution in [-0.2, 0) is 14.2 Å². The molecular formula is C13H22O5. The number of fused-ring (bicyclic) bond motifs is 1. The number of hydrogen-bond acceptors (Lipinski definition) is 5. The van der Waals surface area contributed by atoms with Gasteiger partial charge in [-0.25, -0.2) is 0 Å². The Morgan fingerprint density at radius 1 is 1.39 bits per heavy atom. The van der Waals surface area contributed by atoms with Gasteiger partial charge in [0, 0.05) is 13.0 Å². The van der Waals surface area contributed by atoms with Crippen molar-refractivity contribution >= 4 is 0 Å². The van der Waals surface area contributed by atoms with Gasteiger partial charge in [-0.3, -0.25) is 0 Å². The highest BCUT2D eigenvalue weighted by molar-refractivity contribution is 5.08. The fraction of sp³-hybridized carbons (Fsp3) is 0.846. The maximum absolute atomic E-state index is 10.1. The summed E-state index contributed by atoms with van der Waals surface area (Å²) in [4.78, 5) is 0. The van der Waals surface area contributed by atoms with E-state index >= 15 is 0 Å². The van der Waals surface area contributed by atoms with Crippen molar-refractivity contribution in [3.8, 4) is 0 Å². The number of unbranched alkanes of at least 4 members (excludes halogenated alkanes) is 1. The first-order chi connectivity index (χ1) is 8.52. The minimum atomic E-state index is -0.673. The summed E-state index contributed by atoms with van der Waals surface area (Å²) in [6.07, 6.45) is 2.75. The second-order valence-electron chi connectivity index (χ2n) is 5.25. The Bertz CT molecular complexity index is 313. The van der Waals surface area contributed by atoms with Gasteiger partial charge >= 0.3 is 0 Å². The monoisotopic (exact) mass is 258 g/mol. The zero-order chi connectivity index (χ0) is 13.2. The van der Waals surface area contributed by atoms with Gasteiger partial charge in [0.1, 0.15) is 12.2 Å². The van der Waals surface area contributed by atoms with Crippen molar-refractivity contribution in [1.29, 1.82) is 0 Å². The second-order valence-corrected chi connectivity index (χ2v) is 5.25. The van der Waals surface area contributed by atoms with Crippen molar-refractivity contribution in [2.24, 2.45) is 0 Å². The van der Waals surface area contributed by atoms with Crippen LogP contribution in [0.1, 0.15) is 33.1 Å². The van der Waals surface area contributed by atoms with Crippen LogP contribution in [0.2, 0.25) is 0 Å². The highest BCUT2D eigenvalue weighted by Crippen LogP contribution is 2.32. The smallest absolute Gasteiger partial charge is 0.163 e. The van der Waals surface area contributed by atoms with Crippen molar-refractivity contribution in [2.75, 3.05) is 13.2 Å². The van der Waals surface area contributed by atoms with Crippen molar-refractivity contribution in [2.45, 2.75) is 57.2 Å². The Labute approximate surface area is 107 Å². The van der Waals surface area contributed by atoms with Crippen molar-refractivity contribution < 1.29 is 24.4 Å². The molecular weight excluding hydrogens is 236 g/mol. The lowest BCUT2D eigenvalue weighted by molar-refractivity contribution is -0.321. The third kappa shape index (κ3) is 3.23. The van der Waals surface area contributed by atoms with Gasteiger partial charge in [-0.2, -0.15) is 0 Å². The standard InChI is InChI=1S/C13H22O5/c1-13(2)16-8-11-12(18-13)10(15)7-9(17-11)5-3-4-6-14/h7,10-12,14-15H,3-6,8H2,1-2H3/t10-,11?,12?/m1/s1. The molecule has 1 saturated heterocycles. The lowest BCUT2D eigenvalue weighted by Gasteiger charge is -2.44. The van der Waals surface area contributed by atoms with E-state index in [0.29, 0.717) is 6.61 Å². The fourth-order valence-corrected chi connectivity index (χ4v) is 2.28. The Morgan fingerprint density at radius 3 is 2.89 bits per heavy atom. The van der Waals surface area contributed by atoms with E-state index in [1.807, 2.05) is 13.8 Å². The molecule has 0 aromatic carbocycles. The van der Waals surface area contributed by atoms with Crippen molar-refractivity contribution in [1.82, 2.24) is 0 Å². The van der Waals surface area contributed by atoms with Crippen LogP contribution in [0.4, 0.5) is 0 Å². The molecule has 104 valence electrons. The molecule has 18 heavy (non-hydrogen) atoms. The highest BCUT2D eigenvalue weighted by Gasteiger charge is 2.43. The Balaban J connectivity index is 1.95. The molecule has 0 aromatic heterocycles. The van der Waals surface area contributed by atoms with Gasteiger partial charge in [-0.1, -0.05) is 0 Å². The van der Waals surface area contributed by atoms with Gasteiger partial charge in [0.2, 0.25) is 0 Å². The van der Waals surface area contributed by atoms with E-state index in [0.717, 1.165) is 25.0 Å². The molecule has 5 heteroatoms. The van der Waals surface area contributed by atoms with E-state index in [1.165, 1.54) is 0 Å². The van der Waals surface area contributed by atoms with E-state index in [-0.39, 0.29) is 18.8 Å². The van der Waals surface area contributed by atoms with Crippen LogP contribution in [0.15, 0.2) is 11.8 Å². The van der Waals surface area contributed by atoms with Crippen LogP contribution in [-0.4, -0.2) is 47.5 Å². The topological polar surface area (TPSA) is 68.2 Å². The molecule has 2 N–H and O–H groups in total. The average Bonchev–Trinajstić information content (AvgIpc) is 2.30. The van der Waals surface area contributed by atoms with E-state index < -0.39 is 11.9 Å². The minimum absolute atomic E-state index is 0.183. The summed E-state index contributed by atoms with van der Waals surface area (Å²) in [5.41, 5.74) is 0. The molecule has 2 unspecified atom stereocenters. The molecule has 3 atom stereocenters. The zero-order valence-electron chi connectivity index (χ0n) is 11.0. The second kappa shape index (κ2) is 5.57. The molecule has 1 fully saturated rings. The van der Waals surface area contributed by atoms with E-state index in [9.17, 15) is 5.11 Å². The highest BCUT2D eigenvalue weighted by atomic mass is 16.7. The molecule has 2 aliphatic rings. The van der Waals surface area contributed by atoms with Crippen LogP contribution in [0.3, 0.4) is 0 Å². The summed E-state index contributed by atoms with van der Waals surface area (Å²) in [7, 11) is 0. The average molecular weight is 258 g/mol. The first-order valence-corrected chi connectivity index (χ1v) is 6.50. The normalized spacial score (nSPS) is 34.4. The first-order valence-electron chi connectivity index (χ1n) is 6.50. The number of ether oxygens (including phenoxy) is 3. The number of aliphatic hydroxyl groups excluding tert-OH is 2. The summed E-state index contributed by atoms with van der Waals surface area (Å²) in [6.45, 7) is 4.27. The quantitative estimate of drug-likeness (QED) is 0.735. The Hall–Kier alpha value is -0.620. The largest absolute Gasteiger partial charge is 0.490 e. The van der Waals surface area contributed by atoms with Crippen molar-refractivity contribution in [3.05, 3.63) is 11.8 Å². The molecule has 0 spiro atoms. The molecule has 0 aromatic rings. The minimum Gasteiger partial charge on any atom is -0.490 e. The molecule has 0 saturated carbocycles. The summed E-state index contributed by atoms with van der Waals surface area (Å²) in [6, 6.07) is 0. The molecule has 0 aliphatic carbocycles. The SMILES string of the molecule is CC1(C)OCC2OC(CCCCO)=C[C@@H](O)C2O1. The van der Waals surface area contributed by atoms with Gasteiger partial charge in [0.15, 0.2) is 11.9 Å². The maximum atomic E-state index is 10.1. The molecule has 0 radical (unpaired) electrons. The lowest BCUT2D eigenvalue weighted by atomic mass is 10.0. The predicted molar refractivity (Wildman–Crippen MR) is 64.8 cm³/mol.